The van der Waals surface area contributed by atoms with E-state index in [1.165, 1.54) is 7.11 Å². The van der Waals surface area contributed by atoms with Crippen molar-refractivity contribution in [2.45, 2.75) is 12.5 Å². The van der Waals surface area contributed by atoms with Crippen LogP contribution in [0, 0.1) is 0 Å². The van der Waals surface area contributed by atoms with Crippen molar-refractivity contribution in [3.05, 3.63) is 32.8 Å². The molecule has 1 aromatic rings. The fourth-order valence-electron chi connectivity index (χ4n) is 1.68. The second-order valence-electron chi connectivity index (χ2n) is 3.53. The molecule has 1 aliphatic heterocycles. The molecule has 4 nitrogen and oxygen atoms in total. The summed E-state index contributed by atoms with van der Waals surface area (Å²) in [5, 5.41) is 0.430. The number of carbonyl (C=O) groups is 2. The Labute approximate surface area is 111 Å². The monoisotopic (exact) mass is 318 g/mol. The van der Waals surface area contributed by atoms with E-state index in [1.54, 1.807) is 12.1 Å². The summed E-state index contributed by atoms with van der Waals surface area (Å²) >= 11 is 9.28. The summed E-state index contributed by atoms with van der Waals surface area (Å²) in [6, 6.07) is 3.30. The zero-order chi connectivity index (χ0) is 12.6. The van der Waals surface area contributed by atoms with Gasteiger partial charge in [-0.3, -0.25) is 0 Å². The number of rotatable bonds is 1. The van der Waals surface area contributed by atoms with Gasteiger partial charge in [-0.2, -0.15) is 0 Å². The molecule has 1 aromatic carbocycles. The summed E-state index contributed by atoms with van der Waals surface area (Å²) < 4.78 is 10.2. The Bertz CT molecular complexity index is 500. The minimum Gasteiger partial charge on any atom is -0.466 e. The number of benzene rings is 1. The third kappa shape index (κ3) is 2.30. The van der Waals surface area contributed by atoms with E-state index in [4.69, 9.17) is 16.3 Å². The highest BCUT2D eigenvalue weighted by Gasteiger charge is 2.33. The van der Waals surface area contributed by atoms with Gasteiger partial charge < -0.3 is 9.47 Å². The maximum Gasteiger partial charge on any atom is 0.347 e. The molecule has 17 heavy (non-hydrogen) atoms. The molecule has 0 N–H and O–H groups in total. The van der Waals surface area contributed by atoms with E-state index in [0.717, 1.165) is 0 Å². The van der Waals surface area contributed by atoms with Gasteiger partial charge in [-0.25, -0.2) is 9.59 Å². The molecule has 1 aliphatic rings. The lowest BCUT2D eigenvalue weighted by Gasteiger charge is -2.23. The number of carbonyl (C=O) groups excluding carboxylic acids is 2. The van der Waals surface area contributed by atoms with Crippen LogP contribution in [0.4, 0.5) is 0 Å². The Morgan fingerprint density at radius 1 is 1.59 bits per heavy atom. The Morgan fingerprint density at radius 2 is 2.29 bits per heavy atom. The summed E-state index contributed by atoms with van der Waals surface area (Å²) in [7, 11) is 1.24. The molecule has 0 spiro atoms. The number of esters is 2. The summed E-state index contributed by atoms with van der Waals surface area (Å²) in [4.78, 5) is 23.1. The Kier molecular flexibility index (Phi) is 3.40. The summed E-state index contributed by atoms with van der Waals surface area (Å²) in [6.45, 7) is 0. The topological polar surface area (TPSA) is 52.6 Å². The van der Waals surface area contributed by atoms with Crippen molar-refractivity contribution in [3.63, 3.8) is 0 Å². The lowest BCUT2D eigenvalue weighted by Crippen LogP contribution is -2.35. The highest BCUT2D eigenvalue weighted by atomic mass is 79.9. The van der Waals surface area contributed by atoms with E-state index in [2.05, 4.69) is 20.7 Å². The number of methoxy groups -OCH3 is 1. The van der Waals surface area contributed by atoms with E-state index in [0.29, 0.717) is 20.6 Å². The van der Waals surface area contributed by atoms with E-state index in [-0.39, 0.29) is 6.42 Å². The Hall–Kier alpha value is -1.07. The van der Waals surface area contributed by atoms with E-state index in [1.807, 2.05) is 0 Å². The van der Waals surface area contributed by atoms with Crippen molar-refractivity contribution in [2.75, 3.05) is 7.11 Å². The lowest BCUT2D eigenvalue weighted by molar-refractivity contribution is -0.151. The summed E-state index contributed by atoms with van der Waals surface area (Å²) in [5.41, 5.74) is 0.992. The van der Waals surface area contributed by atoms with Gasteiger partial charge in [0.1, 0.15) is 0 Å². The molecule has 0 saturated heterocycles. The molecule has 1 heterocycles. The fraction of sp³-hybridized carbons (Fsp3) is 0.273. The first-order valence-electron chi connectivity index (χ1n) is 4.79. The van der Waals surface area contributed by atoms with Gasteiger partial charge in [0, 0.05) is 15.9 Å². The molecule has 2 rings (SSSR count). The second-order valence-corrected chi connectivity index (χ2v) is 4.86. The summed E-state index contributed by atoms with van der Waals surface area (Å²) in [6.07, 6.45) is -0.682. The molecule has 0 radical (unpaired) electrons. The van der Waals surface area contributed by atoms with E-state index >= 15 is 0 Å². The maximum absolute atomic E-state index is 11.7. The average Bonchev–Trinajstić information content (AvgIpc) is 2.29. The third-order valence-electron chi connectivity index (χ3n) is 2.48. The molecule has 0 fully saturated rings. The van der Waals surface area contributed by atoms with Gasteiger partial charge in [0.15, 0.2) is 0 Å². The molecule has 6 heteroatoms. The number of hydrogen-bond donors (Lipinski definition) is 0. The van der Waals surface area contributed by atoms with Gasteiger partial charge >= 0.3 is 11.9 Å². The molecule has 0 saturated carbocycles. The van der Waals surface area contributed by atoms with Crippen LogP contribution in [0.1, 0.15) is 15.9 Å². The normalized spacial score (nSPS) is 18.3. The zero-order valence-corrected chi connectivity index (χ0v) is 11.2. The van der Waals surface area contributed by atoms with Gasteiger partial charge in [-0.05, 0) is 17.7 Å². The van der Waals surface area contributed by atoms with Crippen LogP contribution in [0.25, 0.3) is 0 Å². The highest BCUT2D eigenvalue weighted by Crippen LogP contribution is 2.31. The number of fused-ring (bicyclic) bond motifs is 1. The van der Waals surface area contributed by atoms with Gasteiger partial charge in [0.05, 0.1) is 12.7 Å². The van der Waals surface area contributed by atoms with Crippen LogP contribution < -0.4 is 0 Å². The van der Waals surface area contributed by atoms with Crippen molar-refractivity contribution < 1.29 is 19.1 Å². The van der Waals surface area contributed by atoms with Gasteiger partial charge in [0.2, 0.25) is 6.10 Å². The predicted octanol–water partition coefficient (Wildman–Crippen LogP) is 2.36. The lowest BCUT2D eigenvalue weighted by atomic mass is 9.98. The highest BCUT2D eigenvalue weighted by molar-refractivity contribution is 9.10. The van der Waals surface area contributed by atoms with Crippen LogP contribution in [0.3, 0.4) is 0 Å². The van der Waals surface area contributed by atoms with Crippen LogP contribution in [0.15, 0.2) is 16.6 Å². The molecular weight excluding hydrogens is 311 g/mol. The average molecular weight is 320 g/mol. The first-order valence-corrected chi connectivity index (χ1v) is 5.96. The number of halogens is 2. The molecular formula is C11H8BrClO4. The van der Waals surface area contributed by atoms with Crippen LogP contribution >= 0.6 is 27.5 Å². The van der Waals surface area contributed by atoms with Crippen molar-refractivity contribution in [2.24, 2.45) is 0 Å². The van der Waals surface area contributed by atoms with Crippen molar-refractivity contribution >= 4 is 39.5 Å². The van der Waals surface area contributed by atoms with Gasteiger partial charge in [-0.1, -0.05) is 27.5 Å². The van der Waals surface area contributed by atoms with Crippen molar-refractivity contribution in [1.82, 2.24) is 0 Å². The maximum atomic E-state index is 11.7. The van der Waals surface area contributed by atoms with E-state index in [9.17, 15) is 9.59 Å². The van der Waals surface area contributed by atoms with Crippen LogP contribution in [-0.2, 0) is 20.7 Å². The molecule has 0 bridgehead atoms. The Morgan fingerprint density at radius 3 is 2.94 bits per heavy atom. The first kappa shape index (κ1) is 12.4. The molecule has 1 unspecified atom stereocenters. The largest absolute Gasteiger partial charge is 0.466 e. The number of cyclic esters (lactones) is 1. The van der Waals surface area contributed by atoms with Gasteiger partial charge in [-0.15, -0.1) is 0 Å². The standard InChI is InChI=1S/C11H8BrClO4/c1-16-11(15)9-4-6-7(10(14)17-9)2-5(12)3-8(6)13/h2-3,9H,4H2,1H3. The second kappa shape index (κ2) is 4.66. The van der Waals surface area contributed by atoms with Crippen LogP contribution in [0.5, 0.6) is 0 Å². The quantitative estimate of drug-likeness (QED) is 0.746. The number of hydrogen-bond acceptors (Lipinski definition) is 4. The molecule has 0 aliphatic carbocycles. The minimum absolute atomic E-state index is 0.236. The third-order valence-corrected chi connectivity index (χ3v) is 3.28. The molecule has 1 atom stereocenters. The molecule has 90 valence electrons. The van der Waals surface area contributed by atoms with Gasteiger partial charge in [0.25, 0.3) is 0 Å². The van der Waals surface area contributed by atoms with Crippen molar-refractivity contribution in [1.29, 1.82) is 0 Å². The predicted molar refractivity (Wildman–Crippen MR) is 64.1 cm³/mol. The molecule has 0 aromatic heterocycles. The van der Waals surface area contributed by atoms with E-state index < -0.39 is 18.0 Å². The SMILES string of the molecule is COC(=O)C1Cc2c(Cl)cc(Br)cc2C(=O)O1. The Balaban J connectivity index is 2.43. The molecule has 0 amide bonds. The fourth-order valence-corrected chi connectivity index (χ4v) is 2.56. The van der Waals surface area contributed by atoms with Crippen LogP contribution in [-0.4, -0.2) is 25.2 Å². The minimum atomic E-state index is -0.918. The van der Waals surface area contributed by atoms with Crippen LogP contribution in [0.2, 0.25) is 5.02 Å². The smallest absolute Gasteiger partial charge is 0.347 e. The first-order chi connectivity index (χ1) is 8.02. The number of ether oxygens (including phenoxy) is 2. The summed E-state index contributed by atoms with van der Waals surface area (Å²) in [5.74, 6) is -1.15. The zero-order valence-electron chi connectivity index (χ0n) is 8.83. The van der Waals surface area contributed by atoms with Crippen molar-refractivity contribution in [3.8, 4) is 0 Å².